The maximum Gasteiger partial charge on any atom is 0.211 e. The van der Waals surface area contributed by atoms with Crippen LogP contribution in [0, 0.1) is 0 Å². The van der Waals surface area contributed by atoms with Crippen molar-refractivity contribution in [3.63, 3.8) is 0 Å². The number of hydrogen-bond donors (Lipinski definition) is 1. The molecule has 0 bridgehead atoms. The second-order valence-electron chi connectivity index (χ2n) is 4.09. The van der Waals surface area contributed by atoms with E-state index in [1.807, 2.05) is 6.92 Å². The maximum atomic E-state index is 11.3. The fourth-order valence-corrected chi connectivity index (χ4v) is 2.75. The van der Waals surface area contributed by atoms with Crippen molar-refractivity contribution in [2.75, 3.05) is 39.1 Å². The SMILES string of the molecule is CCOCCNC1CCN(S(C)(=O)=O)CC1. The largest absolute Gasteiger partial charge is 0.380 e. The van der Waals surface area contributed by atoms with Crippen LogP contribution in [0.25, 0.3) is 0 Å². The highest BCUT2D eigenvalue weighted by Crippen LogP contribution is 2.12. The Balaban J connectivity index is 2.17. The second kappa shape index (κ2) is 6.54. The van der Waals surface area contributed by atoms with Crippen LogP contribution in [0.1, 0.15) is 19.8 Å². The topological polar surface area (TPSA) is 58.6 Å². The van der Waals surface area contributed by atoms with Crippen LogP contribution < -0.4 is 5.32 Å². The number of nitrogens with zero attached hydrogens (tertiary/aromatic N) is 1. The van der Waals surface area contributed by atoms with Crippen molar-refractivity contribution >= 4 is 10.0 Å². The fraction of sp³-hybridized carbons (Fsp3) is 1.00. The summed E-state index contributed by atoms with van der Waals surface area (Å²) in [6, 6.07) is 0.429. The lowest BCUT2D eigenvalue weighted by atomic mass is 10.1. The number of nitrogens with one attached hydrogen (secondary N) is 1. The van der Waals surface area contributed by atoms with E-state index in [4.69, 9.17) is 4.74 Å². The van der Waals surface area contributed by atoms with Crippen LogP contribution in [-0.4, -0.2) is 57.9 Å². The minimum atomic E-state index is -3.00. The molecule has 1 saturated heterocycles. The average molecular weight is 250 g/mol. The maximum absolute atomic E-state index is 11.3. The summed E-state index contributed by atoms with van der Waals surface area (Å²) in [4.78, 5) is 0. The third-order valence-electron chi connectivity index (χ3n) is 2.81. The highest BCUT2D eigenvalue weighted by atomic mass is 32.2. The van der Waals surface area contributed by atoms with Crippen LogP contribution in [0.15, 0.2) is 0 Å². The molecule has 1 rings (SSSR count). The summed E-state index contributed by atoms with van der Waals surface area (Å²) in [5.74, 6) is 0. The molecule has 0 aromatic rings. The summed E-state index contributed by atoms with van der Waals surface area (Å²) in [5, 5.41) is 3.38. The summed E-state index contributed by atoms with van der Waals surface area (Å²) in [7, 11) is -3.00. The first-order chi connectivity index (χ1) is 7.54. The van der Waals surface area contributed by atoms with Gasteiger partial charge in [0.15, 0.2) is 0 Å². The van der Waals surface area contributed by atoms with Crippen LogP contribution in [0.4, 0.5) is 0 Å². The first-order valence-electron chi connectivity index (χ1n) is 5.80. The van der Waals surface area contributed by atoms with E-state index in [9.17, 15) is 8.42 Å². The van der Waals surface area contributed by atoms with Gasteiger partial charge in [-0.05, 0) is 19.8 Å². The normalized spacial score (nSPS) is 20.1. The number of ether oxygens (including phenoxy) is 1. The van der Waals surface area contributed by atoms with Gasteiger partial charge in [0, 0.05) is 32.3 Å². The van der Waals surface area contributed by atoms with Gasteiger partial charge in [-0.1, -0.05) is 0 Å². The van der Waals surface area contributed by atoms with Gasteiger partial charge in [-0.15, -0.1) is 0 Å². The zero-order valence-electron chi connectivity index (χ0n) is 10.1. The van der Waals surface area contributed by atoms with Gasteiger partial charge >= 0.3 is 0 Å². The number of sulfonamides is 1. The van der Waals surface area contributed by atoms with Crippen molar-refractivity contribution in [3.8, 4) is 0 Å². The van der Waals surface area contributed by atoms with Gasteiger partial charge in [-0.25, -0.2) is 12.7 Å². The van der Waals surface area contributed by atoms with Crippen LogP contribution in [0.3, 0.4) is 0 Å². The molecule has 1 heterocycles. The van der Waals surface area contributed by atoms with Gasteiger partial charge in [0.2, 0.25) is 10.0 Å². The molecular formula is C10H22N2O3S. The van der Waals surface area contributed by atoms with Gasteiger partial charge in [-0.3, -0.25) is 0 Å². The quantitative estimate of drug-likeness (QED) is 0.676. The Morgan fingerprint density at radius 1 is 1.38 bits per heavy atom. The first-order valence-corrected chi connectivity index (χ1v) is 7.65. The highest BCUT2D eigenvalue weighted by Gasteiger charge is 2.24. The van der Waals surface area contributed by atoms with Crippen molar-refractivity contribution in [3.05, 3.63) is 0 Å². The first kappa shape index (κ1) is 13.9. The zero-order chi connectivity index (χ0) is 12.0. The van der Waals surface area contributed by atoms with E-state index in [-0.39, 0.29) is 0 Å². The van der Waals surface area contributed by atoms with E-state index in [1.54, 1.807) is 4.31 Å². The molecular weight excluding hydrogens is 228 g/mol. The third-order valence-corrected chi connectivity index (χ3v) is 4.11. The molecule has 96 valence electrons. The summed E-state index contributed by atoms with van der Waals surface area (Å²) in [6.07, 6.45) is 3.05. The number of piperidine rings is 1. The lowest BCUT2D eigenvalue weighted by Gasteiger charge is -2.30. The van der Waals surface area contributed by atoms with Crippen LogP contribution in [0.2, 0.25) is 0 Å². The molecule has 1 N–H and O–H groups in total. The predicted octanol–water partition coefficient (Wildman–Crippen LogP) is 0.0365. The van der Waals surface area contributed by atoms with Gasteiger partial charge in [0.25, 0.3) is 0 Å². The third kappa shape index (κ3) is 4.78. The molecule has 5 nitrogen and oxygen atoms in total. The molecule has 0 amide bonds. The molecule has 6 heteroatoms. The van der Waals surface area contributed by atoms with Crippen molar-refractivity contribution in [1.29, 1.82) is 0 Å². The summed E-state index contributed by atoms with van der Waals surface area (Å²) < 4.78 is 29.3. The van der Waals surface area contributed by atoms with E-state index in [0.717, 1.165) is 32.6 Å². The second-order valence-corrected chi connectivity index (χ2v) is 6.07. The molecule has 1 aliphatic rings. The van der Waals surface area contributed by atoms with E-state index in [0.29, 0.717) is 19.1 Å². The van der Waals surface area contributed by atoms with Crippen molar-refractivity contribution in [2.24, 2.45) is 0 Å². The Labute approximate surface area is 98.2 Å². The zero-order valence-corrected chi connectivity index (χ0v) is 10.9. The molecule has 0 unspecified atom stereocenters. The standard InChI is InChI=1S/C10H22N2O3S/c1-3-15-9-6-11-10-4-7-12(8-5-10)16(2,13)14/h10-11H,3-9H2,1-2H3. The van der Waals surface area contributed by atoms with Crippen LogP contribution in [0.5, 0.6) is 0 Å². The fourth-order valence-electron chi connectivity index (χ4n) is 1.87. The summed E-state index contributed by atoms with van der Waals surface area (Å²) >= 11 is 0. The van der Waals surface area contributed by atoms with Gasteiger partial charge in [0.1, 0.15) is 0 Å². The van der Waals surface area contributed by atoms with Gasteiger partial charge < -0.3 is 10.1 Å². The van der Waals surface area contributed by atoms with Crippen LogP contribution >= 0.6 is 0 Å². The molecule has 0 atom stereocenters. The number of hydrogen-bond acceptors (Lipinski definition) is 4. The monoisotopic (exact) mass is 250 g/mol. The van der Waals surface area contributed by atoms with Crippen molar-refractivity contribution in [1.82, 2.24) is 9.62 Å². The molecule has 1 fully saturated rings. The average Bonchev–Trinajstić information content (AvgIpc) is 2.24. The molecule has 0 spiro atoms. The molecule has 0 radical (unpaired) electrons. The van der Waals surface area contributed by atoms with E-state index in [2.05, 4.69) is 5.32 Å². The molecule has 1 aliphatic heterocycles. The Kier molecular flexibility index (Phi) is 5.68. The van der Waals surface area contributed by atoms with Crippen molar-refractivity contribution < 1.29 is 13.2 Å². The van der Waals surface area contributed by atoms with Crippen LogP contribution in [-0.2, 0) is 14.8 Å². The van der Waals surface area contributed by atoms with E-state index >= 15 is 0 Å². The lowest BCUT2D eigenvalue weighted by Crippen LogP contribution is -2.45. The summed E-state index contributed by atoms with van der Waals surface area (Å²) in [5.41, 5.74) is 0. The molecule has 0 aliphatic carbocycles. The Morgan fingerprint density at radius 2 is 2.00 bits per heavy atom. The predicted molar refractivity (Wildman–Crippen MR) is 63.9 cm³/mol. The van der Waals surface area contributed by atoms with E-state index in [1.165, 1.54) is 6.26 Å². The Morgan fingerprint density at radius 3 is 2.50 bits per heavy atom. The highest BCUT2D eigenvalue weighted by molar-refractivity contribution is 7.88. The molecule has 0 aromatic carbocycles. The minimum absolute atomic E-state index is 0.429. The van der Waals surface area contributed by atoms with Crippen molar-refractivity contribution in [2.45, 2.75) is 25.8 Å². The van der Waals surface area contributed by atoms with Gasteiger partial charge in [0.05, 0.1) is 12.9 Å². The lowest BCUT2D eigenvalue weighted by molar-refractivity contribution is 0.143. The van der Waals surface area contributed by atoms with E-state index < -0.39 is 10.0 Å². The smallest absolute Gasteiger partial charge is 0.211 e. The molecule has 0 saturated carbocycles. The van der Waals surface area contributed by atoms with Gasteiger partial charge in [-0.2, -0.15) is 0 Å². The number of rotatable bonds is 6. The Hall–Kier alpha value is -0.170. The Bertz CT molecular complexity index is 284. The summed E-state index contributed by atoms with van der Waals surface area (Å²) in [6.45, 7) is 5.55. The minimum Gasteiger partial charge on any atom is -0.380 e. The molecule has 16 heavy (non-hydrogen) atoms. The molecule has 0 aromatic heterocycles.